The average Bonchev–Trinajstić information content (AvgIpc) is 3.37. The van der Waals surface area contributed by atoms with Gasteiger partial charge in [-0.3, -0.25) is 9.79 Å². The van der Waals surface area contributed by atoms with Crippen molar-refractivity contribution in [2.75, 3.05) is 31.6 Å². The minimum Gasteiger partial charge on any atom is -0.372 e. The molecular formula is C26H38IN5O. The zero-order valence-electron chi connectivity index (χ0n) is 20.1. The van der Waals surface area contributed by atoms with Gasteiger partial charge in [-0.2, -0.15) is 0 Å². The number of carbonyl (C=O) groups is 1. The molecule has 1 atom stereocenters. The summed E-state index contributed by atoms with van der Waals surface area (Å²) in [7, 11) is 1.78. The summed E-state index contributed by atoms with van der Waals surface area (Å²) in [5.74, 6) is 0.742. The Hall–Kier alpha value is -2.29. The fraction of sp³-hybridized carbons (Fsp3) is 0.462. The van der Waals surface area contributed by atoms with Gasteiger partial charge in [0.15, 0.2) is 5.96 Å². The molecule has 0 aliphatic carbocycles. The molecule has 6 nitrogen and oxygen atoms in total. The molecule has 1 heterocycles. The summed E-state index contributed by atoms with van der Waals surface area (Å²) in [5, 5.41) is 9.81. The summed E-state index contributed by atoms with van der Waals surface area (Å²) in [6.07, 6.45) is 4.63. The average molecular weight is 564 g/mol. The van der Waals surface area contributed by atoms with E-state index in [4.69, 9.17) is 0 Å². The molecule has 3 N–H and O–H groups in total. The lowest BCUT2D eigenvalue weighted by atomic mass is 10.1. The summed E-state index contributed by atoms with van der Waals surface area (Å²) >= 11 is 0. The number of aliphatic imine (C=N–C) groups is 1. The summed E-state index contributed by atoms with van der Waals surface area (Å²) in [6, 6.07) is 16.6. The lowest BCUT2D eigenvalue weighted by Gasteiger charge is -2.22. The third kappa shape index (κ3) is 8.21. The van der Waals surface area contributed by atoms with Crippen LogP contribution in [0.5, 0.6) is 0 Å². The Morgan fingerprint density at radius 3 is 2.48 bits per heavy atom. The quantitative estimate of drug-likeness (QED) is 0.177. The van der Waals surface area contributed by atoms with Crippen molar-refractivity contribution in [1.29, 1.82) is 0 Å². The second kappa shape index (κ2) is 14.1. The van der Waals surface area contributed by atoms with Gasteiger partial charge in [0, 0.05) is 44.5 Å². The van der Waals surface area contributed by atoms with Crippen molar-refractivity contribution in [3.63, 3.8) is 0 Å². The number of nitrogens with zero attached hydrogens (tertiary/aromatic N) is 2. The molecule has 1 aliphatic rings. The molecule has 1 amide bonds. The number of hydrogen-bond acceptors (Lipinski definition) is 3. The predicted octanol–water partition coefficient (Wildman–Crippen LogP) is 4.86. The van der Waals surface area contributed by atoms with Crippen molar-refractivity contribution in [2.24, 2.45) is 4.99 Å². The van der Waals surface area contributed by atoms with E-state index in [-0.39, 0.29) is 35.9 Å². The SMILES string of the molecule is CCCCNC(=O)c1ccc(CNC(=NC)NC(C)c2cccc(N3CCCC3)c2)cc1.I. The second-order valence-corrected chi connectivity index (χ2v) is 8.39. The van der Waals surface area contributed by atoms with Crippen LogP contribution >= 0.6 is 24.0 Å². The van der Waals surface area contributed by atoms with Gasteiger partial charge < -0.3 is 20.9 Å². The molecule has 7 heteroatoms. The van der Waals surface area contributed by atoms with Crippen molar-refractivity contribution < 1.29 is 4.79 Å². The van der Waals surface area contributed by atoms with Crippen molar-refractivity contribution in [1.82, 2.24) is 16.0 Å². The van der Waals surface area contributed by atoms with Gasteiger partial charge in [-0.1, -0.05) is 37.6 Å². The van der Waals surface area contributed by atoms with Gasteiger partial charge in [0.05, 0.1) is 6.04 Å². The van der Waals surface area contributed by atoms with E-state index < -0.39 is 0 Å². The topological polar surface area (TPSA) is 68.8 Å². The maximum Gasteiger partial charge on any atom is 0.251 e. The van der Waals surface area contributed by atoms with Crippen molar-refractivity contribution in [2.45, 2.75) is 52.1 Å². The first kappa shape index (κ1) is 27.0. The van der Waals surface area contributed by atoms with Crippen LogP contribution in [-0.2, 0) is 6.54 Å². The van der Waals surface area contributed by atoms with E-state index in [9.17, 15) is 4.79 Å². The number of nitrogens with one attached hydrogen (secondary N) is 3. The Morgan fingerprint density at radius 2 is 1.82 bits per heavy atom. The molecule has 0 spiro atoms. The number of unbranched alkanes of at least 4 members (excludes halogenated alkanes) is 1. The summed E-state index contributed by atoms with van der Waals surface area (Å²) in [5.41, 5.74) is 4.34. The van der Waals surface area contributed by atoms with Crippen molar-refractivity contribution in [3.8, 4) is 0 Å². The van der Waals surface area contributed by atoms with E-state index >= 15 is 0 Å². The number of rotatable bonds is 9. The summed E-state index contributed by atoms with van der Waals surface area (Å²) in [6.45, 7) is 7.92. The molecule has 2 aromatic carbocycles. The van der Waals surface area contributed by atoms with Crippen LogP contribution in [0.15, 0.2) is 53.5 Å². The van der Waals surface area contributed by atoms with Gasteiger partial charge in [0.1, 0.15) is 0 Å². The maximum atomic E-state index is 12.1. The minimum atomic E-state index is -0.0135. The molecule has 3 rings (SSSR count). The van der Waals surface area contributed by atoms with Gasteiger partial charge in [-0.05, 0) is 61.6 Å². The Bertz CT molecular complexity index is 894. The number of amides is 1. The molecule has 0 radical (unpaired) electrons. The highest BCUT2D eigenvalue weighted by molar-refractivity contribution is 14.0. The summed E-state index contributed by atoms with van der Waals surface area (Å²) < 4.78 is 0. The molecule has 180 valence electrons. The fourth-order valence-electron chi connectivity index (χ4n) is 3.89. The Morgan fingerprint density at radius 1 is 1.09 bits per heavy atom. The Kier molecular flexibility index (Phi) is 11.5. The number of anilines is 1. The standard InChI is InChI=1S/C26H37N5O.HI/c1-4-5-15-28-25(32)22-13-11-21(12-14-22)19-29-26(27-3)30-20(2)23-9-8-10-24(18-23)31-16-6-7-17-31;/h8-14,18,20H,4-7,15-17,19H2,1-3H3,(H,28,32)(H2,27,29,30);1H. The first-order chi connectivity index (χ1) is 15.6. The van der Waals surface area contributed by atoms with Crippen LogP contribution in [0, 0.1) is 0 Å². The highest BCUT2D eigenvalue weighted by atomic mass is 127. The smallest absolute Gasteiger partial charge is 0.251 e. The zero-order chi connectivity index (χ0) is 22.8. The fourth-order valence-corrected chi connectivity index (χ4v) is 3.89. The molecular weight excluding hydrogens is 525 g/mol. The van der Waals surface area contributed by atoms with Crippen molar-refractivity contribution in [3.05, 3.63) is 65.2 Å². The molecule has 2 aromatic rings. The third-order valence-corrected chi connectivity index (χ3v) is 5.91. The number of hydrogen-bond donors (Lipinski definition) is 3. The van der Waals surface area contributed by atoms with Gasteiger partial charge in [0.2, 0.25) is 0 Å². The van der Waals surface area contributed by atoms with Crippen LogP contribution < -0.4 is 20.9 Å². The lowest BCUT2D eigenvalue weighted by Crippen LogP contribution is -2.38. The van der Waals surface area contributed by atoms with Gasteiger partial charge in [-0.25, -0.2) is 0 Å². The molecule has 1 unspecified atom stereocenters. The zero-order valence-corrected chi connectivity index (χ0v) is 22.4. The normalized spacial score (nSPS) is 14.4. The van der Waals surface area contributed by atoms with E-state index in [1.807, 2.05) is 24.3 Å². The monoisotopic (exact) mass is 563 g/mol. The molecule has 33 heavy (non-hydrogen) atoms. The van der Waals surface area contributed by atoms with Gasteiger partial charge in [-0.15, -0.1) is 24.0 Å². The first-order valence-electron chi connectivity index (χ1n) is 11.8. The Labute approximate surface area is 215 Å². The molecule has 0 aromatic heterocycles. The van der Waals surface area contributed by atoms with Crippen molar-refractivity contribution >= 4 is 41.5 Å². The van der Waals surface area contributed by atoms with E-state index in [0.29, 0.717) is 12.1 Å². The molecule has 0 bridgehead atoms. The van der Waals surface area contributed by atoms with Crippen LogP contribution in [0.2, 0.25) is 0 Å². The highest BCUT2D eigenvalue weighted by Crippen LogP contribution is 2.23. The van der Waals surface area contributed by atoms with Crippen LogP contribution in [0.25, 0.3) is 0 Å². The predicted molar refractivity (Wildman–Crippen MR) is 149 cm³/mol. The van der Waals surface area contributed by atoms with Crippen LogP contribution in [0.1, 0.15) is 67.1 Å². The van der Waals surface area contributed by atoms with Gasteiger partial charge in [0.25, 0.3) is 5.91 Å². The van der Waals surface area contributed by atoms with Crippen LogP contribution in [0.3, 0.4) is 0 Å². The molecule has 1 fully saturated rings. The van der Waals surface area contributed by atoms with Crippen LogP contribution in [-0.4, -0.2) is 38.5 Å². The maximum absolute atomic E-state index is 12.1. The summed E-state index contributed by atoms with van der Waals surface area (Å²) in [4.78, 5) is 19.0. The highest BCUT2D eigenvalue weighted by Gasteiger charge is 2.14. The van der Waals surface area contributed by atoms with E-state index in [1.165, 1.54) is 24.1 Å². The molecule has 1 aliphatic heterocycles. The molecule has 1 saturated heterocycles. The first-order valence-corrected chi connectivity index (χ1v) is 11.8. The lowest BCUT2D eigenvalue weighted by molar-refractivity contribution is 0.0953. The largest absolute Gasteiger partial charge is 0.372 e. The number of halogens is 1. The van der Waals surface area contributed by atoms with E-state index in [2.05, 4.69) is 64.0 Å². The van der Waals surface area contributed by atoms with Crippen LogP contribution in [0.4, 0.5) is 5.69 Å². The van der Waals surface area contributed by atoms with Gasteiger partial charge >= 0.3 is 0 Å². The second-order valence-electron chi connectivity index (χ2n) is 8.39. The number of carbonyl (C=O) groups excluding carboxylic acids is 1. The Balaban J connectivity index is 0.00000385. The number of guanidine groups is 1. The van der Waals surface area contributed by atoms with E-state index in [0.717, 1.165) is 44.0 Å². The third-order valence-electron chi connectivity index (χ3n) is 5.91. The van der Waals surface area contributed by atoms with E-state index in [1.54, 1.807) is 7.05 Å². The molecule has 0 saturated carbocycles. The minimum absolute atomic E-state index is 0. The number of benzene rings is 2.